The van der Waals surface area contributed by atoms with Crippen LogP contribution in [0.4, 0.5) is 4.39 Å². The summed E-state index contributed by atoms with van der Waals surface area (Å²) in [7, 11) is 0. The molecule has 0 aliphatic carbocycles. The number of benzene rings is 2. The van der Waals surface area contributed by atoms with Gasteiger partial charge in [0.05, 0.1) is 5.52 Å². The lowest BCUT2D eigenvalue weighted by Crippen LogP contribution is -2.23. The van der Waals surface area contributed by atoms with Crippen molar-refractivity contribution < 1.29 is 9.18 Å². The molecule has 0 unspecified atom stereocenters. The van der Waals surface area contributed by atoms with E-state index >= 15 is 0 Å². The second kappa shape index (κ2) is 5.93. The van der Waals surface area contributed by atoms with Crippen molar-refractivity contribution in [3.8, 4) is 0 Å². The van der Waals surface area contributed by atoms with E-state index in [1.54, 1.807) is 0 Å². The average molecular weight is 294 g/mol. The first-order chi connectivity index (χ1) is 10.6. The van der Waals surface area contributed by atoms with E-state index in [0.717, 1.165) is 22.2 Å². The maximum absolute atomic E-state index is 12.9. The van der Waals surface area contributed by atoms with Gasteiger partial charge >= 0.3 is 0 Å². The van der Waals surface area contributed by atoms with E-state index in [2.05, 4.69) is 10.3 Å². The number of carbonyl (C=O) groups is 1. The van der Waals surface area contributed by atoms with Crippen LogP contribution < -0.4 is 5.32 Å². The third-order valence-corrected chi connectivity index (χ3v) is 3.48. The molecule has 0 saturated heterocycles. The summed E-state index contributed by atoms with van der Waals surface area (Å²) in [5, 5.41) is 3.89. The predicted molar refractivity (Wildman–Crippen MR) is 84.1 cm³/mol. The largest absolute Gasteiger partial charge is 0.348 e. The molecule has 3 aromatic rings. The fourth-order valence-corrected chi connectivity index (χ4v) is 2.42. The number of fused-ring (bicyclic) bond motifs is 1. The Balaban J connectivity index is 1.82. The fourth-order valence-electron chi connectivity index (χ4n) is 2.42. The zero-order valence-corrected chi connectivity index (χ0v) is 12.1. The molecular weight excluding hydrogens is 279 g/mol. The molecule has 0 fully saturated rings. The van der Waals surface area contributed by atoms with Crippen LogP contribution in [0.3, 0.4) is 0 Å². The monoisotopic (exact) mass is 294 g/mol. The van der Waals surface area contributed by atoms with Crippen molar-refractivity contribution in [3.63, 3.8) is 0 Å². The maximum Gasteiger partial charge on any atom is 0.251 e. The van der Waals surface area contributed by atoms with Crippen LogP contribution in [0, 0.1) is 12.7 Å². The van der Waals surface area contributed by atoms with Gasteiger partial charge in [0.1, 0.15) is 5.82 Å². The van der Waals surface area contributed by atoms with E-state index in [1.165, 1.54) is 24.3 Å². The van der Waals surface area contributed by atoms with Gasteiger partial charge in [0.25, 0.3) is 5.91 Å². The quantitative estimate of drug-likeness (QED) is 0.801. The molecule has 0 saturated carbocycles. The Hall–Kier alpha value is -2.75. The molecule has 1 aromatic heterocycles. The van der Waals surface area contributed by atoms with Crippen molar-refractivity contribution >= 4 is 16.8 Å². The predicted octanol–water partition coefficient (Wildman–Crippen LogP) is 3.61. The van der Waals surface area contributed by atoms with E-state index in [9.17, 15) is 9.18 Å². The van der Waals surface area contributed by atoms with Crippen molar-refractivity contribution in [1.82, 2.24) is 10.3 Å². The number of nitrogens with zero attached hydrogens (tertiary/aromatic N) is 1. The van der Waals surface area contributed by atoms with Crippen molar-refractivity contribution in [1.29, 1.82) is 0 Å². The highest BCUT2D eigenvalue weighted by molar-refractivity contribution is 5.94. The first-order valence-corrected chi connectivity index (χ1v) is 7.02. The van der Waals surface area contributed by atoms with Crippen LogP contribution in [0.2, 0.25) is 0 Å². The van der Waals surface area contributed by atoms with Gasteiger partial charge in [-0.1, -0.05) is 18.2 Å². The highest BCUT2D eigenvalue weighted by Gasteiger charge is 2.08. The number of aryl methyl sites for hydroxylation is 1. The number of aromatic nitrogens is 1. The third kappa shape index (κ3) is 2.96. The van der Waals surface area contributed by atoms with Crippen molar-refractivity contribution in [2.45, 2.75) is 13.5 Å². The number of nitrogens with one attached hydrogen (secondary N) is 1. The smallest absolute Gasteiger partial charge is 0.251 e. The molecule has 4 heteroatoms. The summed E-state index contributed by atoms with van der Waals surface area (Å²) in [6.45, 7) is 2.33. The van der Waals surface area contributed by atoms with Crippen LogP contribution in [0.25, 0.3) is 10.9 Å². The topological polar surface area (TPSA) is 42.0 Å². The summed E-state index contributed by atoms with van der Waals surface area (Å²) in [6, 6.07) is 15.3. The Kier molecular flexibility index (Phi) is 3.83. The molecule has 0 spiro atoms. The van der Waals surface area contributed by atoms with E-state index in [1.807, 2.05) is 37.3 Å². The molecule has 0 radical (unpaired) electrons. The first kappa shape index (κ1) is 14.2. The molecule has 3 nitrogen and oxygen atoms in total. The summed E-state index contributed by atoms with van der Waals surface area (Å²) in [5.74, 6) is -0.578. The molecule has 1 N–H and O–H groups in total. The molecule has 0 atom stereocenters. The fraction of sp³-hybridized carbons (Fsp3) is 0.111. The second-order valence-corrected chi connectivity index (χ2v) is 5.13. The van der Waals surface area contributed by atoms with Gasteiger partial charge in [0.2, 0.25) is 0 Å². The van der Waals surface area contributed by atoms with E-state index in [0.29, 0.717) is 12.1 Å². The Labute approximate surface area is 127 Å². The summed E-state index contributed by atoms with van der Waals surface area (Å²) in [5.41, 5.74) is 3.27. The number of amides is 1. The van der Waals surface area contributed by atoms with Crippen LogP contribution in [-0.4, -0.2) is 10.9 Å². The number of carbonyl (C=O) groups excluding carboxylic acids is 1. The lowest BCUT2D eigenvalue weighted by atomic mass is 10.1. The summed E-state index contributed by atoms with van der Waals surface area (Å²) >= 11 is 0. The minimum Gasteiger partial charge on any atom is -0.348 e. The van der Waals surface area contributed by atoms with Crippen LogP contribution in [-0.2, 0) is 6.54 Å². The zero-order valence-electron chi connectivity index (χ0n) is 12.1. The molecule has 1 amide bonds. The molecule has 0 aliphatic rings. The Morgan fingerprint density at radius 1 is 1.14 bits per heavy atom. The number of hydrogen-bond acceptors (Lipinski definition) is 2. The van der Waals surface area contributed by atoms with Crippen LogP contribution in [0.15, 0.2) is 54.6 Å². The molecule has 3 rings (SSSR count). The van der Waals surface area contributed by atoms with E-state index < -0.39 is 0 Å². The molecule has 22 heavy (non-hydrogen) atoms. The Morgan fingerprint density at radius 3 is 2.64 bits per heavy atom. The molecular formula is C18H15FN2O. The number of hydrogen-bond donors (Lipinski definition) is 1. The number of halogens is 1. The second-order valence-electron chi connectivity index (χ2n) is 5.13. The normalized spacial score (nSPS) is 10.6. The van der Waals surface area contributed by atoms with Crippen LogP contribution in [0.5, 0.6) is 0 Å². The standard InChI is InChI=1S/C18H15FN2O/c1-12-10-14(16-4-2-3-5-17(16)21-12)11-20-18(22)13-6-8-15(19)9-7-13/h2-10H,11H2,1H3,(H,20,22). The highest BCUT2D eigenvalue weighted by Crippen LogP contribution is 2.18. The highest BCUT2D eigenvalue weighted by atomic mass is 19.1. The molecule has 110 valence electrons. The third-order valence-electron chi connectivity index (χ3n) is 3.48. The van der Waals surface area contributed by atoms with Crippen LogP contribution in [0.1, 0.15) is 21.6 Å². The summed E-state index contributed by atoms with van der Waals surface area (Å²) < 4.78 is 12.9. The number of para-hydroxylation sites is 1. The average Bonchev–Trinajstić information content (AvgIpc) is 2.52. The van der Waals surface area contributed by atoms with E-state index in [-0.39, 0.29) is 11.7 Å². The summed E-state index contributed by atoms with van der Waals surface area (Å²) in [6.07, 6.45) is 0. The van der Waals surface area contributed by atoms with Gasteiger partial charge in [0, 0.05) is 23.2 Å². The van der Waals surface area contributed by atoms with Gasteiger partial charge in [-0.15, -0.1) is 0 Å². The van der Waals surface area contributed by atoms with Crippen molar-refractivity contribution in [3.05, 3.63) is 77.2 Å². The van der Waals surface area contributed by atoms with Gasteiger partial charge in [-0.05, 0) is 48.9 Å². The number of pyridine rings is 1. The molecule has 1 heterocycles. The Bertz CT molecular complexity index is 828. The molecule has 0 bridgehead atoms. The maximum atomic E-state index is 12.9. The van der Waals surface area contributed by atoms with Crippen molar-refractivity contribution in [2.24, 2.45) is 0 Å². The minimum atomic E-state index is -0.354. The van der Waals surface area contributed by atoms with Gasteiger partial charge in [-0.3, -0.25) is 9.78 Å². The Morgan fingerprint density at radius 2 is 1.86 bits per heavy atom. The summed E-state index contributed by atoms with van der Waals surface area (Å²) in [4.78, 5) is 16.6. The minimum absolute atomic E-state index is 0.224. The van der Waals surface area contributed by atoms with Crippen LogP contribution >= 0.6 is 0 Å². The number of rotatable bonds is 3. The SMILES string of the molecule is Cc1cc(CNC(=O)c2ccc(F)cc2)c2ccccc2n1. The zero-order chi connectivity index (χ0) is 15.5. The lowest BCUT2D eigenvalue weighted by molar-refractivity contribution is 0.0951. The van der Waals surface area contributed by atoms with Crippen molar-refractivity contribution in [2.75, 3.05) is 0 Å². The van der Waals surface area contributed by atoms with Gasteiger partial charge in [-0.2, -0.15) is 0 Å². The van der Waals surface area contributed by atoms with Gasteiger partial charge in [-0.25, -0.2) is 4.39 Å². The van der Waals surface area contributed by atoms with E-state index in [4.69, 9.17) is 0 Å². The molecule has 0 aliphatic heterocycles. The van der Waals surface area contributed by atoms with Gasteiger partial charge in [0.15, 0.2) is 0 Å². The first-order valence-electron chi connectivity index (χ1n) is 7.02. The molecule has 2 aromatic carbocycles. The lowest BCUT2D eigenvalue weighted by Gasteiger charge is -2.09. The van der Waals surface area contributed by atoms with Gasteiger partial charge < -0.3 is 5.32 Å².